The average molecular weight is 927 g/mol. The number of allylic oxidation sites excluding steroid dienone is 3. The van der Waals surface area contributed by atoms with E-state index in [1.807, 2.05) is 32.3 Å². The molecule has 2 heterocycles. The summed E-state index contributed by atoms with van der Waals surface area (Å²) in [4.78, 5) is 45.1. The predicted molar refractivity (Wildman–Crippen MR) is 251 cm³/mol. The fourth-order valence-corrected chi connectivity index (χ4v) is 16.7. The molecule has 0 amide bonds. The highest BCUT2D eigenvalue weighted by Gasteiger charge is 2.73. The van der Waals surface area contributed by atoms with Crippen molar-refractivity contribution in [1.29, 1.82) is 0 Å². The fourth-order valence-electron chi connectivity index (χ4n) is 16.7. The molecule has 1 saturated heterocycles. The minimum Gasteiger partial charge on any atom is -0.462 e. The highest BCUT2D eigenvalue weighted by molar-refractivity contribution is 6.00. The molecule has 5 fully saturated rings. The van der Waals surface area contributed by atoms with Crippen molar-refractivity contribution in [1.82, 2.24) is 10.3 Å². The van der Waals surface area contributed by atoms with Gasteiger partial charge in [0.2, 0.25) is 0 Å². The van der Waals surface area contributed by atoms with Crippen LogP contribution in [0.25, 0.3) is 0 Å². The second-order valence-corrected chi connectivity index (χ2v) is 23.8. The average Bonchev–Trinajstić information content (AvgIpc) is 3.98. The van der Waals surface area contributed by atoms with Crippen LogP contribution < -0.4 is 5.32 Å². The molecule has 4 saturated carbocycles. The maximum Gasteiger partial charge on any atom is 0.314 e. The number of hydrogen-bond donors (Lipinski definition) is 8. The Morgan fingerprint density at radius 3 is 2.45 bits per heavy atom. The van der Waals surface area contributed by atoms with Crippen LogP contribution in [0.4, 0.5) is 0 Å². The van der Waals surface area contributed by atoms with Crippen molar-refractivity contribution in [2.75, 3.05) is 6.61 Å². The minimum absolute atomic E-state index is 0.00323. The van der Waals surface area contributed by atoms with E-state index in [1.54, 1.807) is 6.92 Å². The van der Waals surface area contributed by atoms with Crippen LogP contribution in [-0.2, 0) is 19.1 Å². The number of nitrogens with one attached hydrogen (secondary N) is 2. The van der Waals surface area contributed by atoms with Crippen LogP contribution in [0.5, 0.6) is 0 Å². The van der Waals surface area contributed by atoms with Gasteiger partial charge in [-0.05, 0) is 155 Å². The summed E-state index contributed by atoms with van der Waals surface area (Å²) in [6.07, 6.45) is 9.93. The van der Waals surface area contributed by atoms with E-state index in [0.29, 0.717) is 43.1 Å². The standard InChI is InChI=1S/C55H78N2O10/c1-8-43-45(46(51(64)67-43)34-17-19-56-26-34)32-10-9-11-33-24-55(66)47-38(52(5)25-42(61)41(60)23-39(52)49(63)48(47)57-40(27-58)30(4)59)16-18-53(55,6)50(33)54(7,65)44(62)21-29(3)35-15-14-31-13-12-28(2)20-36(31)37(35)22-32/h14,17,19,26,28-29,32-33,35-46,50,56-58,60-62,65-66H,8,11-13,15-16,18,20-25,27H2,1-7H3. The van der Waals surface area contributed by atoms with Crippen molar-refractivity contribution in [3.8, 4) is 11.8 Å². The Balaban J connectivity index is 1.19. The third-order valence-corrected chi connectivity index (χ3v) is 20.2. The molecule has 67 heavy (non-hydrogen) atoms. The Morgan fingerprint density at radius 1 is 1.00 bits per heavy atom. The number of fused-ring (bicyclic) bond motifs is 10. The van der Waals surface area contributed by atoms with Crippen molar-refractivity contribution in [2.45, 2.75) is 180 Å². The molecular formula is C55H78N2O10. The summed E-state index contributed by atoms with van der Waals surface area (Å²) in [6.45, 7) is 13.1. The van der Waals surface area contributed by atoms with E-state index in [4.69, 9.17) is 4.74 Å². The van der Waals surface area contributed by atoms with Crippen LogP contribution in [0.2, 0.25) is 0 Å². The first-order chi connectivity index (χ1) is 31.7. The molecule has 9 rings (SSSR count). The van der Waals surface area contributed by atoms with E-state index in [0.717, 1.165) is 31.2 Å². The van der Waals surface area contributed by atoms with Gasteiger partial charge in [0.05, 0.1) is 47.7 Å². The highest BCUT2D eigenvalue weighted by atomic mass is 16.6. The van der Waals surface area contributed by atoms with E-state index < -0.39 is 82.6 Å². The number of aromatic amines is 1. The SMILES string of the molecule is CCC1OC(=O)C(c2cc[nH]c2)C1C1C#CCC2CC3(O)C4=C(NC(CO)C(C)=O)C(=O)C5CC(O)C(O)CC5(C)C4CCC3(C)C2C(C)(O)C(O)CC(C)C2CC=C3CCC(C)CC3C2C1. The number of H-pyrrole nitrogens is 1. The number of carbonyl (C=O) groups is 3. The van der Waals surface area contributed by atoms with Crippen LogP contribution in [0.15, 0.2) is 41.4 Å². The number of cyclic esters (lactones) is 1. The van der Waals surface area contributed by atoms with E-state index in [2.05, 4.69) is 49.0 Å². The molecule has 21 unspecified atom stereocenters. The number of Topliss-reactive ketones (excluding diaryl/α,β-unsaturated/α-hetero) is 2. The van der Waals surface area contributed by atoms with Crippen molar-refractivity contribution in [3.05, 3.63) is 46.9 Å². The summed E-state index contributed by atoms with van der Waals surface area (Å²) in [5.41, 5.74) is -2.47. The normalized spacial score (nSPS) is 47.9. The lowest BCUT2D eigenvalue weighted by atomic mass is 9.45. The van der Waals surface area contributed by atoms with Gasteiger partial charge in [0.1, 0.15) is 12.1 Å². The Labute approximate surface area is 397 Å². The minimum atomic E-state index is -1.74. The van der Waals surface area contributed by atoms with E-state index in [1.165, 1.54) is 18.9 Å². The number of aromatic nitrogens is 1. The Hall–Kier alpha value is -3.31. The number of ketones is 2. The number of esters is 1. The smallest absolute Gasteiger partial charge is 0.314 e. The van der Waals surface area contributed by atoms with Gasteiger partial charge in [0.25, 0.3) is 0 Å². The topological polar surface area (TPSA) is 210 Å². The summed E-state index contributed by atoms with van der Waals surface area (Å²) in [5.74, 6) is 4.65. The zero-order chi connectivity index (χ0) is 48.1. The third kappa shape index (κ3) is 7.74. The molecule has 0 radical (unpaired) electrons. The number of carbonyl (C=O) groups excluding carboxylic acids is 3. The monoisotopic (exact) mass is 927 g/mol. The number of hydrogen-bond acceptors (Lipinski definition) is 11. The van der Waals surface area contributed by atoms with E-state index in [9.17, 15) is 40.2 Å². The van der Waals surface area contributed by atoms with E-state index in [-0.39, 0.29) is 84.6 Å². The van der Waals surface area contributed by atoms with Gasteiger partial charge in [0, 0.05) is 47.9 Å². The van der Waals surface area contributed by atoms with Crippen molar-refractivity contribution < 1.29 is 49.8 Å². The summed E-state index contributed by atoms with van der Waals surface area (Å²) in [5, 5.41) is 75.5. The summed E-state index contributed by atoms with van der Waals surface area (Å²) >= 11 is 0. The molecule has 7 aliphatic carbocycles. The molecule has 1 aromatic heterocycles. The van der Waals surface area contributed by atoms with Crippen molar-refractivity contribution in [3.63, 3.8) is 0 Å². The van der Waals surface area contributed by atoms with Crippen molar-refractivity contribution in [2.24, 2.45) is 75.9 Å². The zero-order valence-electron chi connectivity index (χ0n) is 40.8. The molecular weight excluding hydrogens is 849 g/mol. The lowest BCUT2D eigenvalue weighted by Crippen LogP contribution is -2.65. The van der Waals surface area contributed by atoms with Gasteiger partial charge in [-0.3, -0.25) is 14.4 Å². The maximum absolute atomic E-state index is 15.0. The van der Waals surface area contributed by atoms with Gasteiger partial charge in [0.15, 0.2) is 11.6 Å². The number of aliphatic hydroxyl groups excluding tert-OH is 4. The van der Waals surface area contributed by atoms with Crippen LogP contribution in [0.1, 0.15) is 143 Å². The molecule has 0 spiro atoms. The Morgan fingerprint density at radius 2 is 1.76 bits per heavy atom. The molecule has 12 nitrogen and oxygen atoms in total. The number of ether oxygens (including phenoxy) is 1. The first-order valence-corrected chi connectivity index (χ1v) is 25.9. The molecule has 368 valence electrons. The van der Waals surface area contributed by atoms with Crippen LogP contribution in [0.3, 0.4) is 0 Å². The lowest BCUT2D eigenvalue weighted by molar-refractivity contribution is -0.183. The molecule has 8 aliphatic rings. The van der Waals surface area contributed by atoms with Gasteiger partial charge >= 0.3 is 5.97 Å². The third-order valence-electron chi connectivity index (χ3n) is 20.2. The first-order valence-electron chi connectivity index (χ1n) is 25.9. The summed E-state index contributed by atoms with van der Waals surface area (Å²) in [7, 11) is 0. The molecule has 12 heteroatoms. The Kier molecular flexibility index (Phi) is 13.0. The van der Waals surface area contributed by atoms with Gasteiger partial charge < -0.3 is 45.7 Å². The van der Waals surface area contributed by atoms with Gasteiger partial charge in [-0.25, -0.2) is 0 Å². The largest absolute Gasteiger partial charge is 0.462 e. The number of rotatable bonds is 7. The van der Waals surface area contributed by atoms with Crippen LogP contribution >= 0.6 is 0 Å². The molecule has 1 aliphatic heterocycles. The lowest BCUT2D eigenvalue weighted by Gasteiger charge is -2.61. The summed E-state index contributed by atoms with van der Waals surface area (Å²) in [6, 6.07) is 0.841. The predicted octanol–water partition coefficient (Wildman–Crippen LogP) is 5.90. The van der Waals surface area contributed by atoms with Gasteiger partial charge in [-0.15, -0.1) is 5.92 Å². The van der Waals surface area contributed by atoms with Crippen LogP contribution in [-0.4, -0.2) is 101 Å². The Bertz CT molecular complexity index is 2210. The summed E-state index contributed by atoms with van der Waals surface area (Å²) < 4.78 is 6.23. The van der Waals surface area contributed by atoms with Gasteiger partial charge in [-0.1, -0.05) is 52.2 Å². The molecule has 8 N–H and O–H groups in total. The maximum atomic E-state index is 15.0. The van der Waals surface area contributed by atoms with Crippen molar-refractivity contribution >= 4 is 17.5 Å². The number of aliphatic hydroxyl groups is 6. The molecule has 0 aromatic carbocycles. The molecule has 0 bridgehead atoms. The zero-order valence-corrected chi connectivity index (χ0v) is 40.8. The second kappa shape index (κ2) is 17.8. The van der Waals surface area contributed by atoms with Gasteiger partial charge in [-0.2, -0.15) is 0 Å². The quantitative estimate of drug-likeness (QED) is 0.0918. The van der Waals surface area contributed by atoms with E-state index >= 15 is 4.79 Å². The molecule has 1 aromatic rings. The second-order valence-electron chi connectivity index (χ2n) is 23.8. The first kappa shape index (κ1) is 48.7. The molecule has 21 atom stereocenters. The fraction of sp³-hybridized carbons (Fsp3) is 0.764. The van der Waals surface area contributed by atoms with Crippen LogP contribution in [0, 0.1) is 87.8 Å². The highest BCUT2D eigenvalue weighted by Crippen LogP contribution is 2.71.